The standard InChI is InChI=1S/C28H24ClN5O3/c1-2-26(35)34-14-19(15-34)28(36)33-20-8-10-24-22(12-20)27(31-17-30-24)32-21-9-11-25(23(29)13-21)37-16-18-6-4-3-5-7-18/h2-13,17,19H,1,14-16H2,(H,33,36)(H,30,31,32). The first-order chi connectivity index (χ1) is 18.0. The van der Waals surface area contributed by atoms with E-state index >= 15 is 0 Å². The van der Waals surface area contributed by atoms with E-state index in [0.29, 0.717) is 42.0 Å². The second-order valence-electron chi connectivity index (χ2n) is 8.63. The lowest BCUT2D eigenvalue weighted by Gasteiger charge is -2.37. The van der Waals surface area contributed by atoms with Crippen LogP contribution in [0.2, 0.25) is 5.02 Å². The molecule has 0 unspecified atom stereocenters. The van der Waals surface area contributed by atoms with E-state index in [1.807, 2.05) is 54.6 Å². The largest absolute Gasteiger partial charge is 0.487 e. The van der Waals surface area contributed by atoms with E-state index in [2.05, 4.69) is 27.2 Å². The summed E-state index contributed by atoms with van der Waals surface area (Å²) in [4.78, 5) is 34.5. The molecule has 4 aromatic rings. The fourth-order valence-corrected chi connectivity index (χ4v) is 4.23. The molecule has 1 aliphatic rings. The summed E-state index contributed by atoms with van der Waals surface area (Å²) in [5.74, 6) is 0.587. The molecule has 1 aliphatic heterocycles. The molecule has 9 heteroatoms. The summed E-state index contributed by atoms with van der Waals surface area (Å²) in [6.45, 7) is 4.65. The first-order valence-electron chi connectivity index (χ1n) is 11.7. The number of anilines is 3. The highest BCUT2D eigenvalue weighted by molar-refractivity contribution is 6.32. The van der Waals surface area contributed by atoms with E-state index in [4.69, 9.17) is 16.3 Å². The van der Waals surface area contributed by atoms with Crippen LogP contribution in [0.15, 0.2) is 85.7 Å². The Morgan fingerprint density at radius 2 is 1.84 bits per heavy atom. The molecule has 2 heterocycles. The number of nitrogens with zero attached hydrogens (tertiary/aromatic N) is 3. The number of likely N-dealkylation sites (tertiary alicyclic amines) is 1. The Morgan fingerprint density at radius 3 is 2.59 bits per heavy atom. The van der Waals surface area contributed by atoms with Crippen LogP contribution >= 0.6 is 11.6 Å². The highest BCUT2D eigenvalue weighted by Gasteiger charge is 2.34. The maximum absolute atomic E-state index is 12.6. The monoisotopic (exact) mass is 513 g/mol. The molecule has 0 atom stereocenters. The fraction of sp³-hybridized carbons (Fsp3) is 0.143. The van der Waals surface area contributed by atoms with Crippen molar-refractivity contribution in [3.63, 3.8) is 0 Å². The van der Waals surface area contributed by atoms with Gasteiger partial charge in [-0.2, -0.15) is 0 Å². The Bertz CT molecular complexity index is 1470. The highest BCUT2D eigenvalue weighted by atomic mass is 35.5. The van der Waals surface area contributed by atoms with Crippen LogP contribution in [-0.2, 0) is 16.2 Å². The molecule has 2 N–H and O–H groups in total. The zero-order valence-corrected chi connectivity index (χ0v) is 20.6. The van der Waals surface area contributed by atoms with Gasteiger partial charge in [0.2, 0.25) is 11.8 Å². The molecule has 0 bridgehead atoms. The maximum Gasteiger partial charge on any atom is 0.246 e. The number of aromatic nitrogens is 2. The minimum Gasteiger partial charge on any atom is -0.487 e. The van der Waals surface area contributed by atoms with E-state index in [0.717, 1.165) is 22.2 Å². The van der Waals surface area contributed by atoms with Crippen LogP contribution < -0.4 is 15.4 Å². The Balaban J connectivity index is 1.28. The Kier molecular flexibility index (Phi) is 7.00. The molecular formula is C28H24ClN5O3. The van der Waals surface area contributed by atoms with Crippen molar-refractivity contribution in [2.75, 3.05) is 23.7 Å². The number of benzene rings is 3. The fourth-order valence-electron chi connectivity index (χ4n) is 4.00. The number of nitrogens with one attached hydrogen (secondary N) is 2. The van der Waals surface area contributed by atoms with Gasteiger partial charge in [0.1, 0.15) is 24.5 Å². The first-order valence-corrected chi connectivity index (χ1v) is 12.1. The minimum atomic E-state index is -0.256. The van der Waals surface area contributed by atoms with Crippen molar-refractivity contribution < 1.29 is 14.3 Å². The van der Waals surface area contributed by atoms with E-state index in [1.54, 1.807) is 17.0 Å². The molecule has 5 rings (SSSR count). The van der Waals surface area contributed by atoms with Crippen LogP contribution in [0.5, 0.6) is 5.75 Å². The van der Waals surface area contributed by atoms with Gasteiger partial charge in [-0.15, -0.1) is 0 Å². The predicted octanol–water partition coefficient (Wildman–Crippen LogP) is 5.19. The third-order valence-electron chi connectivity index (χ3n) is 6.07. The summed E-state index contributed by atoms with van der Waals surface area (Å²) in [6.07, 6.45) is 2.73. The molecule has 37 heavy (non-hydrogen) atoms. The number of carbonyl (C=O) groups is 2. The van der Waals surface area contributed by atoms with Crippen LogP contribution in [0.25, 0.3) is 10.9 Å². The summed E-state index contributed by atoms with van der Waals surface area (Å²) < 4.78 is 5.86. The van der Waals surface area contributed by atoms with Crippen LogP contribution in [-0.4, -0.2) is 39.8 Å². The summed E-state index contributed by atoms with van der Waals surface area (Å²) >= 11 is 6.48. The highest BCUT2D eigenvalue weighted by Crippen LogP contribution is 2.32. The van der Waals surface area contributed by atoms with Gasteiger partial charge in [0.05, 0.1) is 16.5 Å². The van der Waals surface area contributed by atoms with Crippen LogP contribution in [0.1, 0.15) is 5.56 Å². The van der Waals surface area contributed by atoms with E-state index in [-0.39, 0.29) is 17.7 Å². The van der Waals surface area contributed by atoms with Gasteiger partial charge in [0.25, 0.3) is 0 Å². The molecule has 186 valence electrons. The van der Waals surface area contributed by atoms with E-state index in [9.17, 15) is 9.59 Å². The normalized spacial score (nSPS) is 13.1. The average Bonchev–Trinajstić information content (AvgIpc) is 2.88. The van der Waals surface area contributed by atoms with Gasteiger partial charge in [-0.1, -0.05) is 48.5 Å². The van der Waals surface area contributed by atoms with Crippen molar-refractivity contribution >= 4 is 51.5 Å². The van der Waals surface area contributed by atoms with Crippen molar-refractivity contribution in [1.29, 1.82) is 0 Å². The third-order valence-corrected chi connectivity index (χ3v) is 6.37. The molecule has 1 fully saturated rings. The van der Waals surface area contributed by atoms with Crippen molar-refractivity contribution in [1.82, 2.24) is 14.9 Å². The van der Waals surface area contributed by atoms with Crippen molar-refractivity contribution in [3.05, 3.63) is 96.3 Å². The number of hydrogen-bond donors (Lipinski definition) is 2. The molecule has 1 aromatic heterocycles. The predicted molar refractivity (Wildman–Crippen MR) is 144 cm³/mol. The van der Waals surface area contributed by atoms with E-state index in [1.165, 1.54) is 12.4 Å². The van der Waals surface area contributed by atoms with Gasteiger partial charge >= 0.3 is 0 Å². The van der Waals surface area contributed by atoms with Crippen molar-refractivity contribution in [2.45, 2.75) is 6.61 Å². The van der Waals surface area contributed by atoms with Crippen LogP contribution in [0, 0.1) is 5.92 Å². The average molecular weight is 514 g/mol. The second kappa shape index (κ2) is 10.7. The Labute approximate surface area is 218 Å². The zero-order chi connectivity index (χ0) is 25.8. The summed E-state index contributed by atoms with van der Waals surface area (Å²) in [5, 5.41) is 7.41. The molecule has 3 aromatic carbocycles. The molecule has 2 amide bonds. The number of amides is 2. The zero-order valence-electron chi connectivity index (χ0n) is 19.9. The summed E-state index contributed by atoms with van der Waals surface area (Å²) in [5.41, 5.74) is 3.12. The minimum absolute atomic E-state index is 0.142. The number of halogens is 1. The molecule has 0 aliphatic carbocycles. The summed E-state index contributed by atoms with van der Waals surface area (Å²) in [7, 11) is 0. The number of carbonyl (C=O) groups excluding carboxylic acids is 2. The lowest BCUT2D eigenvalue weighted by atomic mass is 9.99. The van der Waals surface area contributed by atoms with Gasteiger partial charge < -0.3 is 20.3 Å². The lowest BCUT2D eigenvalue weighted by Crippen LogP contribution is -2.53. The Morgan fingerprint density at radius 1 is 1.05 bits per heavy atom. The summed E-state index contributed by atoms with van der Waals surface area (Å²) in [6, 6.07) is 20.7. The molecular weight excluding hydrogens is 490 g/mol. The third kappa shape index (κ3) is 5.54. The van der Waals surface area contributed by atoms with Gasteiger partial charge in [-0.25, -0.2) is 9.97 Å². The van der Waals surface area contributed by atoms with E-state index < -0.39 is 0 Å². The number of rotatable bonds is 8. The van der Waals surface area contributed by atoms with Gasteiger partial charge in [-0.3, -0.25) is 9.59 Å². The molecule has 0 saturated carbocycles. The van der Waals surface area contributed by atoms with Crippen LogP contribution in [0.3, 0.4) is 0 Å². The molecule has 8 nitrogen and oxygen atoms in total. The lowest BCUT2D eigenvalue weighted by molar-refractivity contribution is -0.137. The van der Waals surface area contributed by atoms with Crippen molar-refractivity contribution in [2.24, 2.45) is 5.92 Å². The van der Waals surface area contributed by atoms with Gasteiger partial charge in [0.15, 0.2) is 0 Å². The maximum atomic E-state index is 12.6. The van der Waals surface area contributed by atoms with Gasteiger partial charge in [0, 0.05) is 29.9 Å². The molecule has 0 radical (unpaired) electrons. The number of hydrogen-bond acceptors (Lipinski definition) is 6. The smallest absolute Gasteiger partial charge is 0.246 e. The number of fused-ring (bicyclic) bond motifs is 1. The number of ether oxygens (including phenoxy) is 1. The van der Waals surface area contributed by atoms with Gasteiger partial charge in [-0.05, 0) is 48.0 Å². The Hall–Kier alpha value is -4.43. The second-order valence-corrected chi connectivity index (χ2v) is 9.04. The molecule has 1 saturated heterocycles. The quantitative estimate of drug-likeness (QED) is 0.315. The first kappa shape index (κ1) is 24.3. The SMILES string of the molecule is C=CC(=O)N1CC(C(=O)Nc2ccc3ncnc(Nc4ccc(OCc5ccccc5)c(Cl)c4)c3c2)C1. The van der Waals surface area contributed by atoms with Crippen LogP contribution in [0.4, 0.5) is 17.2 Å². The topological polar surface area (TPSA) is 96.5 Å². The molecule has 0 spiro atoms. The van der Waals surface area contributed by atoms with Crippen molar-refractivity contribution in [3.8, 4) is 5.75 Å².